The summed E-state index contributed by atoms with van der Waals surface area (Å²) in [4.78, 5) is 23.7. The molecule has 17 heteroatoms. The van der Waals surface area contributed by atoms with Gasteiger partial charge in [-0.1, -0.05) is 22.6 Å². The van der Waals surface area contributed by atoms with Crippen molar-refractivity contribution in [2.75, 3.05) is 20.3 Å². The number of nitrogens with zero attached hydrogens (tertiary/aromatic N) is 8. The molecule has 35 heavy (non-hydrogen) atoms. The standard InChI is InChI=1S/C8H10O2.2C5H7N4O2.H2O.2W/c1-10-8-4-2-7(6-9)3-5-8;2*1-2-11-5(10)3-9-7-4-6-8-9;;;/h2-5,9H,6H2,1H3;2*2-3H2,1H3;1H2;;/q;2*-1;;;. The Kier molecular flexibility index (Phi) is 24.4. The molecule has 0 radical (unpaired) electrons. The van der Waals surface area contributed by atoms with Crippen LogP contribution in [0.3, 0.4) is 0 Å². The van der Waals surface area contributed by atoms with E-state index in [1.165, 1.54) is 0 Å². The SMILES string of the molecule is CCOC(=O)Cn1n[c-]nn1.CCOC(=O)Cn1n[c-]nn1.COc1ccc(CO)cc1.O.[W].[W]. The second kappa shape index (κ2) is 23.2. The summed E-state index contributed by atoms with van der Waals surface area (Å²) in [6, 6.07) is 7.31. The molecule has 15 nitrogen and oxygen atoms in total. The van der Waals surface area contributed by atoms with Crippen molar-refractivity contribution in [3.8, 4) is 5.75 Å². The number of rotatable bonds is 8. The summed E-state index contributed by atoms with van der Waals surface area (Å²) >= 11 is 0. The van der Waals surface area contributed by atoms with E-state index in [1.807, 2.05) is 24.3 Å². The molecule has 2 aromatic heterocycles. The minimum Gasteiger partial charge on any atom is -0.497 e. The molecule has 0 unspecified atom stereocenters. The maximum absolute atomic E-state index is 10.7. The van der Waals surface area contributed by atoms with Crippen LogP contribution in [0.15, 0.2) is 24.3 Å². The Morgan fingerprint density at radius 2 is 1.31 bits per heavy atom. The van der Waals surface area contributed by atoms with Crippen LogP contribution in [0.2, 0.25) is 0 Å². The zero-order valence-corrected chi connectivity index (χ0v) is 25.1. The van der Waals surface area contributed by atoms with Gasteiger partial charge in [-0.15, -0.1) is 0 Å². The second-order valence-corrected chi connectivity index (χ2v) is 5.46. The first kappa shape index (κ1) is 37.0. The molecule has 1 aromatic carbocycles. The summed E-state index contributed by atoms with van der Waals surface area (Å²) in [7, 11) is 1.62. The van der Waals surface area contributed by atoms with Gasteiger partial charge in [0.2, 0.25) is 0 Å². The van der Waals surface area contributed by atoms with Gasteiger partial charge in [-0.05, 0) is 31.5 Å². The van der Waals surface area contributed by atoms with Crippen LogP contribution >= 0.6 is 0 Å². The van der Waals surface area contributed by atoms with Crippen LogP contribution in [0, 0.1) is 12.7 Å². The number of hydrogen-bond acceptors (Lipinski definition) is 12. The van der Waals surface area contributed by atoms with Crippen LogP contribution in [0.1, 0.15) is 19.4 Å². The molecule has 3 rings (SSSR count). The Bertz CT molecular complexity index is 812. The van der Waals surface area contributed by atoms with Crippen LogP contribution in [0.5, 0.6) is 5.75 Å². The van der Waals surface area contributed by atoms with Crippen LogP contribution in [-0.2, 0) is 80.9 Å². The van der Waals surface area contributed by atoms with Crippen molar-refractivity contribution in [2.45, 2.75) is 33.5 Å². The first-order valence-electron chi connectivity index (χ1n) is 9.35. The van der Waals surface area contributed by atoms with E-state index in [0.29, 0.717) is 13.2 Å². The number of ether oxygens (including phenoxy) is 3. The molecule has 0 aliphatic heterocycles. The molecular formula is C18H26N8O7W2-2. The molecule has 0 aliphatic rings. The molecular weight excluding hydrogens is 808 g/mol. The van der Waals surface area contributed by atoms with Gasteiger partial charge in [-0.3, -0.25) is 0 Å². The Hall–Kier alpha value is -2.60. The fourth-order valence-electron chi connectivity index (χ4n) is 1.84. The van der Waals surface area contributed by atoms with Gasteiger partial charge >= 0.3 is 11.9 Å². The van der Waals surface area contributed by atoms with E-state index in [2.05, 4.69) is 52.9 Å². The molecule has 0 aliphatic carbocycles. The number of carbonyl (C=O) groups is 2. The maximum atomic E-state index is 10.7. The Balaban J connectivity index is -0.000000421. The average Bonchev–Trinajstić information content (AvgIpc) is 3.49. The molecule has 0 saturated carbocycles. The summed E-state index contributed by atoms with van der Waals surface area (Å²) in [6.07, 6.45) is 4.44. The van der Waals surface area contributed by atoms with Gasteiger partial charge in [0.05, 0.1) is 26.9 Å². The van der Waals surface area contributed by atoms with Gasteiger partial charge in [0, 0.05) is 42.1 Å². The van der Waals surface area contributed by atoms with E-state index >= 15 is 0 Å². The molecule has 3 aromatic rings. The largest absolute Gasteiger partial charge is 0.497 e. The topological polar surface area (TPSA) is 201 Å². The summed E-state index contributed by atoms with van der Waals surface area (Å²) in [6.45, 7) is 4.25. The molecule has 0 spiro atoms. The number of carbonyl (C=O) groups excluding carboxylic acids is 2. The number of methoxy groups -OCH3 is 1. The van der Waals surface area contributed by atoms with E-state index in [1.54, 1.807) is 21.0 Å². The van der Waals surface area contributed by atoms with Crippen LogP contribution in [0.25, 0.3) is 0 Å². The summed E-state index contributed by atoms with van der Waals surface area (Å²) < 4.78 is 14.2. The molecule has 0 saturated heterocycles. The van der Waals surface area contributed by atoms with Crippen molar-refractivity contribution in [1.82, 2.24) is 40.4 Å². The number of hydrogen-bond donors (Lipinski definition) is 1. The Morgan fingerprint density at radius 1 is 0.886 bits per heavy atom. The van der Waals surface area contributed by atoms with Gasteiger partial charge in [0.1, 0.15) is 5.75 Å². The summed E-state index contributed by atoms with van der Waals surface area (Å²) in [5.41, 5.74) is 0.904. The number of aliphatic hydroxyl groups excluding tert-OH is 1. The minimum absolute atomic E-state index is 0. The van der Waals surface area contributed by atoms with Crippen molar-refractivity contribution in [2.24, 2.45) is 0 Å². The average molecular weight is 834 g/mol. The number of benzene rings is 1. The zero-order chi connectivity index (χ0) is 23.6. The first-order chi connectivity index (χ1) is 15.5. The molecule has 194 valence electrons. The molecule has 2 heterocycles. The van der Waals surface area contributed by atoms with E-state index in [0.717, 1.165) is 20.9 Å². The van der Waals surface area contributed by atoms with Crippen LogP contribution in [0.4, 0.5) is 0 Å². The fraction of sp³-hybridized carbons (Fsp3) is 0.444. The molecule has 0 amide bonds. The van der Waals surface area contributed by atoms with Crippen molar-refractivity contribution in [3.05, 3.63) is 42.5 Å². The third-order valence-corrected chi connectivity index (χ3v) is 3.20. The van der Waals surface area contributed by atoms with Crippen molar-refractivity contribution in [3.63, 3.8) is 0 Å². The molecule has 0 bridgehead atoms. The quantitative estimate of drug-likeness (QED) is 0.202. The summed E-state index contributed by atoms with van der Waals surface area (Å²) in [5, 5.41) is 29.2. The normalized spacial score (nSPS) is 8.69. The monoisotopic (exact) mass is 834 g/mol. The van der Waals surface area contributed by atoms with Crippen LogP contribution < -0.4 is 4.74 Å². The molecule has 3 N–H and O–H groups in total. The van der Waals surface area contributed by atoms with E-state index in [-0.39, 0.29) is 79.2 Å². The zero-order valence-electron chi connectivity index (χ0n) is 19.2. The number of tetrazole rings is 2. The third kappa shape index (κ3) is 17.5. The predicted octanol–water partition coefficient (Wildman–Crippen LogP) is -1.57. The maximum Gasteiger partial charge on any atom is 0.329 e. The Labute approximate surface area is 230 Å². The van der Waals surface area contributed by atoms with Gasteiger partial charge < -0.3 is 45.2 Å². The number of aliphatic hydroxyl groups is 1. The second-order valence-electron chi connectivity index (χ2n) is 5.46. The van der Waals surface area contributed by atoms with Gasteiger partial charge in [-0.25, -0.2) is 22.2 Å². The van der Waals surface area contributed by atoms with Crippen molar-refractivity contribution in [1.29, 1.82) is 0 Å². The molecule has 0 atom stereocenters. The third-order valence-electron chi connectivity index (χ3n) is 3.20. The number of esters is 2. The smallest absolute Gasteiger partial charge is 0.329 e. The van der Waals surface area contributed by atoms with Gasteiger partial charge in [0.25, 0.3) is 0 Å². The van der Waals surface area contributed by atoms with Gasteiger partial charge in [0.15, 0.2) is 13.1 Å². The van der Waals surface area contributed by atoms with E-state index < -0.39 is 0 Å². The van der Waals surface area contributed by atoms with E-state index in [4.69, 9.17) is 9.84 Å². The Morgan fingerprint density at radius 3 is 1.60 bits per heavy atom. The van der Waals surface area contributed by atoms with Gasteiger partial charge in [-0.2, -0.15) is 9.59 Å². The minimum atomic E-state index is -0.376. The fourth-order valence-corrected chi connectivity index (χ4v) is 1.84. The summed E-state index contributed by atoms with van der Waals surface area (Å²) in [5.74, 6) is 0.0648. The van der Waals surface area contributed by atoms with Crippen molar-refractivity contribution < 1.29 is 76.5 Å². The van der Waals surface area contributed by atoms with E-state index in [9.17, 15) is 9.59 Å². The number of aromatic nitrogens is 8. The predicted molar refractivity (Wildman–Crippen MR) is 109 cm³/mol. The molecule has 0 fully saturated rings. The van der Waals surface area contributed by atoms with Crippen molar-refractivity contribution >= 4 is 11.9 Å². The van der Waals surface area contributed by atoms with Crippen LogP contribution in [-0.4, -0.2) is 83.3 Å². The first-order valence-corrected chi connectivity index (χ1v) is 9.35.